The van der Waals surface area contributed by atoms with Crippen LogP contribution in [0.25, 0.3) is 10.8 Å². The Hall–Kier alpha value is -3.13. The molecule has 0 aliphatic carbocycles. The lowest BCUT2D eigenvalue weighted by Gasteiger charge is -2.15. The number of rotatable bonds is 7. The summed E-state index contributed by atoms with van der Waals surface area (Å²) in [4.78, 5) is 23.9. The van der Waals surface area contributed by atoms with Crippen LogP contribution in [0, 0.1) is 0 Å². The average molecular weight is 424 g/mol. The van der Waals surface area contributed by atoms with Crippen molar-refractivity contribution >= 4 is 28.9 Å². The lowest BCUT2D eigenvalue weighted by molar-refractivity contribution is -0.117. The van der Waals surface area contributed by atoms with E-state index in [1.54, 1.807) is 17.6 Å². The van der Waals surface area contributed by atoms with Crippen molar-refractivity contribution in [3.63, 3.8) is 0 Å². The molecule has 2 aromatic heterocycles. The molecule has 0 unspecified atom stereocenters. The Morgan fingerprint density at radius 1 is 1.27 bits per heavy atom. The highest BCUT2D eigenvalue weighted by molar-refractivity contribution is 7.13. The number of carbonyl (C=O) groups excluding carboxylic acids is 1. The Balaban J connectivity index is 1.35. The molecule has 3 aromatic rings. The molecule has 0 radical (unpaired) electrons. The SMILES string of the molecule is CCNC(=NCc1ccc(N2CCCC2=O)cc1)NCc1coc(-c2cccs2)n1. The van der Waals surface area contributed by atoms with Crippen LogP contribution < -0.4 is 15.5 Å². The fourth-order valence-electron chi connectivity index (χ4n) is 3.29. The van der Waals surface area contributed by atoms with Crippen LogP contribution in [0.5, 0.6) is 0 Å². The standard InChI is InChI=1S/C22H25N5O2S/c1-2-23-22(25-14-17-15-29-21(26-17)19-5-4-12-30-19)24-13-16-7-9-18(10-8-16)27-11-3-6-20(27)28/h4-5,7-10,12,15H,2-3,6,11,13-14H2,1H3,(H2,23,24,25). The fourth-order valence-corrected chi connectivity index (χ4v) is 3.95. The van der Waals surface area contributed by atoms with Gasteiger partial charge < -0.3 is 20.0 Å². The van der Waals surface area contributed by atoms with Crippen LogP contribution in [0.4, 0.5) is 5.69 Å². The summed E-state index contributed by atoms with van der Waals surface area (Å²) in [5.74, 6) is 1.56. The summed E-state index contributed by atoms with van der Waals surface area (Å²) in [5.41, 5.74) is 2.87. The number of amides is 1. The topological polar surface area (TPSA) is 82.8 Å². The predicted molar refractivity (Wildman–Crippen MR) is 120 cm³/mol. The minimum atomic E-state index is 0.203. The summed E-state index contributed by atoms with van der Waals surface area (Å²) >= 11 is 1.60. The molecule has 0 spiro atoms. The van der Waals surface area contributed by atoms with E-state index in [2.05, 4.69) is 20.6 Å². The number of hydrogen-bond donors (Lipinski definition) is 2. The smallest absolute Gasteiger partial charge is 0.236 e. The molecule has 0 saturated carbocycles. The Labute approximate surface area is 179 Å². The van der Waals surface area contributed by atoms with Crippen molar-refractivity contribution in [1.29, 1.82) is 0 Å². The van der Waals surface area contributed by atoms with E-state index < -0.39 is 0 Å². The Bertz CT molecular complexity index is 995. The maximum atomic E-state index is 11.9. The third-order valence-electron chi connectivity index (χ3n) is 4.81. The van der Waals surface area contributed by atoms with E-state index in [0.717, 1.165) is 47.3 Å². The minimum absolute atomic E-state index is 0.203. The van der Waals surface area contributed by atoms with Gasteiger partial charge in [-0.05, 0) is 42.5 Å². The number of anilines is 1. The lowest BCUT2D eigenvalue weighted by atomic mass is 10.2. The fraction of sp³-hybridized carbons (Fsp3) is 0.318. The van der Waals surface area contributed by atoms with Gasteiger partial charge in [-0.25, -0.2) is 9.98 Å². The van der Waals surface area contributed by atoms with E-state index in [9.17, 15) is 4.79 Å². The highest BCUT2D eigenvalue weighted by atomic mass is 32.1. The number of oxazole rings is 1. The van der Waals surface area contributed by atoms with Gasteiger partial charge in [0.25, 0.3) is 0 Å². The Morgan fingerprint density at radius 3 is 2.83 bits per heavy atom. The van der Waals surface area contributed by atoms with Gasteiger partial charge in [0, 0.05) is 25.2 Å². The van der Waals surface area contributed by atoms with Gasteiger partial charge in [0.2, 0.25) is 11.8 Å². The molecule has 1 amide bonds. The number of hydrogen-bond acceptors (Lipinski definition) is 5. The zero-order valence-electron chi connectivity index (χ0n) is 16.9. The molecule has 8 heteroatoms. The zero-order chi connectivity index (χ0) is 20.8. The summed E-state index contributed by atoms with van der Waals surface area (Å²) in [5, 5.41) is 8.55. The van der Waals surface area contributed by atoms with Crippen LogP contribution in [0.1, 0.15) is 31.0 Å². The molecule has 1 fully saturated rings. The second-order valence-corrected chi connectivity index (χ2v) is 7.93. The number of benzene rings is 1. The van der Waals surface area contributed by atoms with Gasteiger partial charge in [-0.1, -0.05) is 18.2 Å². The molecule has 1 aliphatic heterocycles. The largest absolute Gasteiger partial charge is 0.443 e. The number of aliphatic imine (C=N–C) groups is 1. The highest BCUT2D eigenvalue weighted by Crippen LogP contribution is 2.24. The van der Waals surface area contributed by atoms with Crippen LogP contribution in [0.3, 0.4) is 0 Å². The number of aromatic nitrogens is 1. The van der Waals surface area contributed by atoms with Crippen molar-refractivity contribution in [2.45, 2.75) is 32.9 Å². The summed E-state index contributed by atoms with van der Waals surface area (Å²) in [6.45, 7) is 4.67. The van der Waals surface area contributed by atoms with Crippen molar-refractivity contribution < 1.29 is 9.21 Å². The summed E-state index contributed by atoms with van der Waals surface area (Å²) in [6.07, 6.45) is 3.25. The predicted octanol–water partition coefficient (Wildman–Crippen LogP) is 3.79. The monoisotopic (exact) mass is 423 g/mol. The van der Waals surface area contributed by atoms with Gasteiger partial charge in [-0.2, -0.15) is 0 Å². The molecular formula is C22H25N5O2S. The second kappa shape index (κ2) is 9.58. The van der Waals surface area contributed by atoms with E-state index >= 15 is 0 Å². The number of thiophene rings is 1. The number of nitrogens with one attached hydrogen (secondary N) is 2. The van der Waals surface area contributed by atoms with Crippen molar-refractivity contribution in [3.05, 3.63) is 59.3 Å². The molecule has 1 aliphatic rings. The van der Waals surface area contributed by atoms with Crippen LogP contribution in [0.15, 0.2) is 57.5 Å². The maximum Gasteiger partial charge on any atom is 0.236 e. The normalized spacial score (nSPS) is 14.4. The van der Waals surface area contributed by atoms with E-state index in [-0.39, 0.29) is 5.91 Å². The first-order valence-corrected chi connectivity index (χ1v) is 11.0. The average Bonchev–Trinajstić information content (AvgIpc) is 3.52. The molecule has 0 atom stereocenters. The summed E-state index contributed by atoms with van der Waals surface area (Å²) in [6, 6.07) is 12.0. The molecule has 7 nitrogen and oxygen atoms in total. The van der Waals surface area contributed by atoms with Gasteiger partial charge in [0.15, 0.2) is 5.96 Å². The molecule has 1 aromatic carbocycles. The van der Waals surface area contributed by atoms with E-state index in [1.807, 2.05) is 53.6 Å². The zero-order valence-corrected chi connectivity index (χ0v) is 17.7. The molecule has 30 heavy (non-hydrogen) atoms. The third-order valence-corrected chi connectivity index (χ3v) is 5.66. The van der Waals surface area contributed by atoms with Gasteiger partial charge in [-0.15, -0.1) is 11.3 Å². The van der Waals surface area contributed by atoms with E-state index in [4.69, 9.17) is 4.42 Å². The lowest BCUT2D eigenvalue weighted by Crippen LogP contribution is -2.36. The van der Waals surface area contributed by atoms with Crippen LogP contribution in [0.2, 0.25) is 0 Å². The van der Waals surface area contributed by atoms with Gasteiger partial charge in [0.1, 0.15) is 6.26 Å². The van der Waals surface area contributed by atoms with Crippen molar-refractivity contribution in [2.24, 2.45) is 4.99 Å². The van der Waals surface area contributed by atoms with E-state index in [1.165, 1.54) is 0 Å². The van der Waals surface area contributed by atoms with Crippen molar-refractivity contribution in [3.8, 4) is 10.8 Å². The Morgan fingerprint density at radius 2 is 2.13 bits per heavy atom. The number of carbonyl (C=O) groups is 1. The highest BCUT2D eigenvalue weighted by Gasteiger charge is 2.21. The number of nitrogens with zero attached hydrogens (tertiary/aromatic N) is 3. The molecule has 0 bridgehead atoms. The maximum absolute atomic E-state index is 11.9. The van der Waals surface area contributed by atoms with Crippen LogP contribution in [-0.2, 0) is 17.9 Å². The van der Waals surface area contributed by atoms with Gasteiger partial charge in [0.05, 0.1) is 23.7 Å². The van der Waals surface area contributed by atoms with Crippen LogP contribution in [-0.4, -0.2) is 29.9 Å². The molecule has 1 saturated heterocycles. The molecule has 4 rings (SSSR count). The summed E-state index contributed by atoms with van der Waals surface area (Å²) in [7, 11) is 0. The molecular weight excluding hydrogens is 398 g/mol. The summed E-state index contributed by atoms with van der Waals surface area (Å²) < 4.78 is 5.56. The van der Waals surface area contributed by atoms with Gasteiger partial charge in [-0.3, -0.25) is 4.79 Å². The van der Waals surface area contributed by atoms with E-state index in [0.29, 0.717) is 25.4 Å². The first-order valence-electron chi connectivity index (χ1n) is 10.1. The number of guanidine groups is 1. The molecule has 156 valence electrons. The van der Waals surface area contributed by atoms with Crippen LogP contribution >= 0.6 is 11.3 Å². The van der Waals surface area contributed by atoms with Crippen molar-refractivity contribution in [1.82, 2.24) is 15.6 Å². The van der Waals surface area contributed by atoms with Gasteiger partial charge >= 0.3 is 0 Å². The minimum Gasteiger partial charge on any atom is -0.443 e. The first kappa shape index (κ1) is 20.2. The van der Waals surface area contributed by atoms with Crippen molar-refractivity contribution in [2.75, 3.05) is 18.0 Å². The first-order chi connectivity index (χ1) is 14.7. The second-order valence-electron chi connectivity index (χ2n) is 6.99. The molecule has 3 heterocycles. The third kappa shape index (κ3) is 4.88. The molecule has 2 N–H and O–H groups in total. The Kier molecular flexibility index (Phi) is 6.44. The quantitative estimate of drug-likeness (QED) is 0.446.